The Kier molecular flexibility index (Phi) is 4.84. The minimum atomic E-state index is -0.196. The lowest BCUT2D eigenvalue weighted by Gasteiger charge is -2.29. The highest BCUT2D eigenvalue weighted by Gasteiger charge is 2.21. The largest absolute Gasteiger partial charge is 0.445 e. The molecular weight excluding hydrogens is 202 g/mol. The van der Waals surface area contributed by atoms with Crippen molar-refractivity contribution in [2.75, 3.05) is 6.61 Å². The van der Waals surface area contributed by atoms with Crippen molar-refractivity contribution in [2.24, 2.45) is 0 Å². The lowest BCUT2D eigenvalue weighted by Crippen LogP contribution is -2.42. The van der Waals surface area contributed by atoms with Crippen molar-refractivity contribution in [3.05, 3.63) is 11.6 Å². The van der Waals surface area contributed by atoms with Gasteiger partial charge < -0.3 is 9.64 Å². The summed E-state index contributed by atoms with van der Waals surface area (Å²) in [4.78, 5) is 13.6. The number of ether oxygens (including phenoxy) is 1. The zero-order valence-corrected chi connectivity index (χ0v) is 10.8. The number of nitrogens with zero attached hydrogens (tertiary/aromatic N) is 1. The first-order valence-corrected chi connectivity index (χ1v) is 6.15. The average Bonchev–Trinajstić information content (AvgIpc) is 2.65. The SMILES string of the molecule is CC(C)N(C(=O)OCC1=CCCC1)C(C)C. The van der Waals surface area contributed by atoms with Gasteiger partial charge >= 0.3 is 6.09 Å². The molecule has 0 aliphatic heterocycles. The van der Waals surface area contributed by atoms with E-state index in [0.29, 0.717) is 6.61 Å². The van der Waals surface area contributed by atoms with Crippen molar-refractivity contribution in [2.45, 2.75) is 59.0 Å². The molecule has 0 spiro atoms. The molecule has 3 heteroatoms. The second kappa shape index (κ2) is 5.92. The fourth-order valence-electron chi connectivity index (χ4n) is 2.12. The Morgan fingerprint density at radius 3 is 2.44 bits per heavy atom. The average molecular weight is 225 g/mol. The van der Waals surface area contributed by atoms with E-state index in [9.17, 15) is 4.79 Å². The lowest BCUT2D eigenvalue weighted by atomic mass is 10.2. The van der Waals surface area contributed by atoms with Crippen molar-refractivity contribution < 1.29 is 9.53 Å². The zero-order valence-electron chi connectivity index (χ0n) is 10.8. The second-order valence-corrected chi connectivity index (χ2v) is 4.90. The highest BCUT2D eigenvalue weighted by atomic mass is 16.6. The van der Waals surface area contributed by atoms with Gasteiger partial charge in [0, 0.05) is 12.1 Å². The van der Waals surface area contributed by atoms with Gasteiger partial charge in [-0.3, -0.25) is 0 Å². The topological polar surface area (TPSA) is 29.5 Å². The molecular formula is C13H23NO2. The van der Waals surface area contributed by atoms with E-state index in [-0.39, 0.29) is 18.2 Å². The molecule has 0 heterocycles. The first-order chi connectivity index (χ1) is 7.52. The van der Waals surface area contributed by atoms with Crippen molar-refractivity contribution in [3.8, 4) is 0 Å². The van der Waals surface area contributed by atoms with Gasteiger partial charge in [-0.15, -0.1) is 0 Å². The Bertz CT molecular complexity index is 261. The van der Waals surface area contributed by atoms with Crippen LogP contribution in [0.25, 0.3) is 0 Å². The van der Waals surface area contributed by atoms with Crippen LogP contribution in [0.3, 0.4) is 0 Å². The summed E-state index contributed by atoms with van der Waals surface area (Å²) in [5.74, 6) is 0. The summed E-state index contributed by atoms with van der Waals surface area (Å²) in [7, 11) is 0. The highest BCUT2D eigenvalue weighted by molar-refractivity contribution is 5.68. The quantitative estimate of drug-likeness (QED) is 0.687. The summed E-state index contributed by atoms with van der Waals surface area (Å²) >= 11 is 0. The van der Waals surface area contributed by atoms with Crippen LogP contribution >= 0.6 is 0 Å². The van der Waals surface area contributed by atoms with Gasteiger partial charge in [-0.25, -0.2) is 4.79 Å². The van der Waals surface area contributed by atoms with Gasteiger partial charge in [0.25, 0.3) is 0 Å². The maximum atomic E-state index is 11.9. The molecule has 0 N–H and O–H groups in total. The molecule has 0 saturated heterocycles. The molecule has 0 radical (unpaired) electrons. The van der Waals surface area contributed by atoms with Gasteiger partial charge in [-0.1, -0.05) is 6.08 Å². The number of hydrogen-bond donors (Lipinski definition) is 0. The highest BCUT2D eigenvalue weighted by Crippen LogP contribution is 2.18. The third-order valence-electron chi connectivity index (χ3n) is 2.84. The Hall–Kier alpha value is -0.990. The van der Waals surface area contributed by atoms with E-state index >= 15 is 0 Å². The molecule has 1 aliphatic carbocycles. The molecule has 1 aliphatic rings. The molecule has 1 rings (SSSR count). The molecule has 16 heavy (non-hydrogen) atoms. The minimum Gasteiger partial charge on any atom is -0.445 e. The molecule has 0 fully saturated rings. The van der Waals surface area contributed by atoms with Gasteiger partial charge in [0.1, 0.15) is 6.61 Å². The Labute approximate surface area is 98.5 Å². The summed E-state index contributed by atoms with van der Waals surface area (Å²) in [6, 6.07) is 0.370. The van der Waals surface area contributed by atoms with Crippen LogP contribution in [0.2, 0.25) is 0 Å². The number of carbonyl (C=O) groups is 1. The number of amides is 1. The molecule has 0 atom stereocenters. The molecule has 1 amide bonds. The van der Waals surface area contributed by atoms with E-state index in [1.165, 1.54) is 12.0 Å². The number of carbonyl (C=O) groups excluding carboxylic acids is 1. The van der Waals surface area contributed by atoms with Crippen molar-refractivity contribution >= 4 is 6.09 Å². The molecule has 92 valence electrons. The molecule has 0 aromatic heterocycles. The normalized spacial score (nSPS) is 15.5. The minimum absolute atomic E-state index is 0.185. The zero-order chi connectivity index (χ0) is 12.1. The van der Waals surface area contributed by atoms with Crippen molar-refractivity contribution in [1.82, 2.24) is 4.90 Å². The summed E-state index contributed by atoms with van der Waals surface area (Å²) in [5.41, 5.74) is 1.26. The van der Waals surface area contributed by atoms with E-state index in [4.69, 9.17) is 4.74 Å². The predicted molar refractivity (Wildman–Crippen MR) is 65.4 cm³/mol. The van der Waals surface area contributed by atoms with E-state index in [1.807, 2.05) is 27.7 Å². The fourth-order valence-corrected chi connectivity index (χ4v) is 2.12. The standard InChI is InChI=1S/C13H23NO2/c1-10(2)14(11(3)4)13(15)16-9-12-7-5-6-8-12/h7,10-11H,5-6,8-9H2,1-4H3. The maximum Gasteiger partial charge on any atom is 0.410 e. The van der Waals surface area contributed by atoms with Crippen LogP contribution in [-0.2, 0) is 4.74 Å². The van der Waals surface area contributed by atoms with Crippen molar-refractivity contribution in [1.29, 1.82) is 0 Å². The van der Waals surface area contributed by atoms with E-state index < -0.39 is 0 Å². The maximum absolute atomic E-state index is 11.9. The van der Waals surface area contributed by atoms with Crippen LogP contribution in [0.5, 0.6) is 0 Å². The number of hydrogen-bond acceptors (Lipinski definition) is 2. The molecule has 0 unspecified atom stereocenters. The Morgan fingerprint density at radius 2 is 2.00 bits per heavy atom. The number of allylic oxidation sites excluding steroid dienone is 1. The summed E-state index contributed by atoms with van der Waals surface area (Å²) < 4.78 is 5.33. The lowest BCUT2D eigenvalue weighted by molar-refractivity contribution is 0.0854. The first kappa shape index (κ1) is 13.1. The van der Waals surface area contributed by atoms with Crippen LogP contribution < -0.4 is 0 Å². The fraction of sp³-hybridized carbons (Fsp3) is 0.769. The number of rotatable bonds is 4. The monoisotopic (exact) mass is 225 g/mol. The van der Waals surface area contributed by atoms with Crippen LogP contribution in [0.15, 0.2) is 11.6 Å². The van der Waals surface area contributed by atoms with Gasteiger partial charge in [-0.05, 0) is 52.5 Å². The van der Waals surface area contributed by atoms with E-state index in [0.717, 1.165) is 12.8 Å². The molecule has 0 aromatic carbocycles. The van der Waals surface area contributed by atoms with Crippen LogP contribution in [0.4, 0.5) is 4.79 Å². The third-order valence-corrected chi connectivity index (χ3v) is 2.84. The van der Waals surface area contributed by atoms with Gasteiger partial charge in [-0.2, -0.15) is 0 Å². The third kappa shape index (κ3) is 3.54. The van der Waals surface area contributed by atoms with Gasteiger partial charge in [0.15, 0.2) is 0 Å². The predicted octanol–water partition coefficient (Wildman–Crippen LogP) is 3.35. The Balaban J connectivity index is 2.42. The van der Waals surface area contributed by atoms with Crippen LogP contribution in [0, 0.1) is 0 Å². The molecule has 0 saturated carbocycles. The van der Waals surface area contributed by atoms with E-state index in [1.54, 1.807) is 4.90 Å². The van der Waals surface area contributed by atoms with Gasteiger partial charge in [0.05, 0.1) is 0 Å². The van der Waals surface area contributed by atoms with Gasteiger partial charge in [0.2, 0.25) is 0 Å². The second-order valence-electron chi connectivity index (χ2n) is 4.90. The Morgan fingerprint density at radius 1 is 1.38 bits per heavy atom. The molecule has 3 nitrogen and oxygen atoms in total. The smallest absolute Gasteiger partial charge is 0.410 e. The van der Waals surface area contributed by atoms with Crippen molar-refractivity contribution in [3.63, 3.8) is 0 Å². The van der Waals surface area contributed by atoms with E-state index in [2.05, 4.69) is 6.08 Å². The van der Waals surface area contributed by atoms with Crippen LogP contribution in [0.1, 0.15) is 47.0 Å². The summed E-state index contributed by atoms with van der Waals surface area (Å²) in [5, 5.41) is 0. The first-order valence-electron chi connectivity index (χ1n) is 6.15. The summed E-state index contributed by atoms with van der Waals surface area (Å²) in [6.07, 6.45) is 5.40. The molecule has 0 aromatic rings. The van der Waals surface area contributed by atoms with Crippen LogP contribution in [-0.4, -0.2) is 29.7 Å². The summed E-state index contributed by atoms with van der Waals surface area (Å²) in [6.45, 7) is 8.51. The molecule has 0 bridgehead atoms.